The van der Waals surface area contributed by atoms with E-state index >= 15 is 0 Å². The van der Waals surface area contributed by atoms with Gasteiger partial charge in [-0.15, -0.1) is 0 Å². The fourth-order valence-electron chi connectivity index (χ4n) is 1.37. The SMILES string of the molecule is Cc1cc(C#N)cc(C(=O)CBr)c1[N+](=O)[O-]. The lowest BCUT2D eigenvalue weighted by atomic mass is 10.0. The van der Waals surface area contributed by atoms with Gasteiger partial charge in [-0.2, -0.15) is 5.26 Å². The van der Waals surface area contributed by atoms with E-state index < -0.39 is 10.7 Å². The summed E-state index contributed by atoms with van der Waals surface area (Å²) in [4.78, 5) is 21.7. The summed E-state index contributed by atoms with van der Waals surface area (Å²) in [5.74, 6) is -0.410. The molecular formula is C10H7BrN2O3. The normalized spacial score (nSPS) is 9.56. The van der Waals surface area contributed by atoms with Crippen LogP contribution in [0.2, 0.25) is 0 Å². The number of aryl methyl sites for hydroxylation is 1. The Balaban J connectivity index is 3.54. The number of hydrogen-bond acceptors (Lipinski definition) is 4. The molecule has 0 aliphatic rings. The van der Waals surface area contributed by atoms with E-state index in [-0.39, 0.29) is 22.1 Å². The number of Topliss-reactive ketones (excluding diaryl/α,β-unsaturated/α-hetero) is 1. The van der Waals surface area contributed by atoms with Crippen molar-refractivity contribution in [3.05, 3.63) is 38.9 Å². The van der Waals surface area contributed by atoms with Gasteiger partial charge in [0.05, 0.1) is 27.4 Å². The second kappa shape index (κ2) is 4.86. The maximum absolute atomic E-state index is 11.5. The molecule has 5 nitrogen and oxygen atoms in total. The summed E-state index contributed by atoms with van der Waals surface area (Å²) >= 11 is 2.95. The molecule has 82 valence electrons. The molecule has 0 amide bonds. The third kappa shape index (κ3) is 2.25. The number of ketones is 1. The third-order valence-corrected chi connectivity index (χ3v) is 2.54. The van der Waals surface area contributed by atoms with Crippen molar-refractivity contribution >= 4 is 27.4 Å². The van der Waals surface area contributed by atoms with Crippen LogP contribution in [0.15, 0.2) is 12.1 Å². The fourth-order valence-corrected chi connectivity index (χ4v) is 1.67. The van der Waals surface area contributed by atoms with Gasteiger partial charge in [0.25, 0.3) is 5.69 Å². The number of carbonyl (C=O) groups is 1. The zero-order valence-electron chi connectivity index (χ0n) is 8.36. The maximum atomic E-state index is 11.5. The van der Waals surface area contributed by atoms with E-state index in [1.165, 1.54) is 19.1 Å². The second-order valence-corrected chi connectivity index (χ2v) is 3.68. The molecule has 0 atom stereocenters. The minimum absolute atomic E-state index is 0.0117. The Kier molecular flexibility index (Phi) is 3.74. The summed E-state index contributed by atoms with van der Waals surface area (Å²) in [6, 6.07) is 4.50. The van der Waals surface area contributed by atoms with Crippen LogP contribution in [0.4, 0.5) is 5.69 Å². The smallest absolute Gasteiger partial charge is 0.283 e. The number of hydrogen-bond donors (Lipinski definition) is 0. The average Bonchev–Trinajstić information content (AvgIpc) is 2.26. The third-order valence-electron chi connectivity index (χ3n) is 2.03. The van der Waals surface area contributed by atoms with Crippen molar-refractivity contribution in [2.24, 2.45) is 0 Å². The van der Waals surface area contributed by atoms with Crippen LogP contribution in [0.5, 0.6) is 0 Å². The molecule has 0 aromatic heterocycles. The predicted octanol–water partition coefficient (Wildman–Crippen LogP) is 2.35. The fraction of sp³-hybridized carbons (Fsp3) is 0.200. The molecule has 0 N–H and O–H groups in total. The monoisotopic (exact) mass is 282 g/mol. The molecule has 1 aromatic rings. The summed E-state index contributed by atoms with van der Waals surface area (Å²) < 4.78 is 0. The van der Waals surface area contributed by atoms with Gasteiger partial charge in [0, 0.05) is 5.56 Å². The lowest BCUT2D eigenvalue weighted by Crippen LogP contribution is -2.07. The number of nitro groups is 1. The predicted molar refractivity (Wildman–Crippen MR) is 60.7 cm³/mol. The number of carbonyl (C=O) groups excluding carboxylic acids is 1. The lowest BCUT2D eigenvalue weighted by Gasteiger charge is -2.03. The van der Waals surface area contributed by atoms with E-state index in [2.05, 4.69) is 15.9 Å². The average molecular weight is 283 g/mol. The molecule has 16 heavy (non-hydrogen) atoms. The summed E-state index contributed by atoms with van der Waals surface area (Å²) in [5.41, 5.74) is 0.294. The maximum Gasteiger partial charge on any atom is 0.283 e. The van der Waals surface area contributed by atoms with Crippen LogP contribution in [0.3, 0.4) is 0 Å². The molecule has 0 saturated heterocycles. The highest BCUT2D eigenvalue weighted by atomic mass is 79.9. The van der Waals surface area contributed by atoms with E-state index in [1.54, 1.807) is 0 Å². The number of nitriles is 1. The summed E-state index contributed by atoms with van der Waals surface area (Å²) in [7, 11) is 0. The summed E-state index contributed by atoms with van der Waals surface area (Å²) in [6.07, 6.45) is 0. The Morgan fingerprint density at radius 1 is 1.62 bits per heavy atom. The van der Waals surface area contributed by atoms with Crippen LogP contribution in [0.25, 0.3) is 0 Å². The molecule has 0 radical (unpaired) electrons. The van der Waals surface area contributed by atoms with Crippen LogP contribution in [0.1, 0.15) is 21.5 Å². The van der Waals surface area contributed by atoms with E-state index in [0.717, 1.165) is 0 Å². The van der Waals surface area contributed by atoms with Crippen LogP contribution in [-0.4, -0.2) is 16.0 Å². The first-order valence-electron chi connectivity index (χ1n) is 4.29. The molecule has 0 heterocycles. The quantitative estimate of drug-likeness (QED) is 0.369. The van der Waals surface area contributed by atoms with Gasteiger partial charge in [0.2, 0.25) is 0 Å². The van der Waals surface area contributed by atoms with Crippen molar-refractivity contribution in [3.63, 3.8) is 0 Å². The van der Waals surface area contributed by atoms with Gasteiger partial charge >= 0.3 is 0 Å². The number of alkyl halides is 1. The molecule has 1 rings (SSSR count). The standard InChI is InChI=1S/C10H7BrN2O3/c1-6-2-7(5-12)3-8(9(14)4-11)10(6)13(15)16/h2-3H,4H2,1H3. The van der Waals surface area contributed by atoms with Crippen molar-refractivity contribution in [3.8, 4) is 6.07 Å². The molecule has 1 aromatic carbocycles. The number of rotatable bonds is 3. The Labute approximate surface area is 100.0 Å². The van der Waals surface area contributed by atoms with E-state index in [9.17, 15) is 14.9 Å². The van der Waals surface area contributed by atoms with Crippen molar-refractivity contribution in [2.45, 2.75) is 6.92 Å². The van der Waals surface area contributed by atoms with Crippen LogP contribution in [0, 0.1) is 28.4 Å². The molecule has 6 heteroatoms. The highest BCUT2D eigenvalue weighted by Gasteiger charge is 2.23. The zero-order valence-corrected chi connectivity index (χ0v) is 9.94. The first kappa shape index (κ1) is 12.3. The van der Waals surface area contributed by atoms with Crippen molar-refractivity contribution in [1.82, 2.24) is 0 Å². The van der Waals surface area contributed by atoms with Crippen LogP contribution >= 0.6 is 15.9 Å². The zero-order chi connectivity index (χ0) is 12.3. The molecule has 0 unspecified atom stereocenters. The lowest BCUT2D eigenvalue weighted by molar-refractivity contribution is -0.385. The molecule has 0 aliphatic carbocycles. The Hall–Kier alpha value is -1.74. The van der Waals surface area contributed by atoms with Gasteiger partial charge in [-0.3, -0.25) is 14.9 Å². The van der Waals surface area contributed by atoms with Gasteiger partial charge in [-0.25, -0.2) is 0 Å². The number of benzene rings is 1. The first-order valence-corrected chi connectivity index (χ1v) is 5.41. The second-order valence-electron chi connectivity index (χ2n) is 3.12. The van der Waals surface area contributed by atoms with Crippen LogP contribution < -0.4 is 0 Å². The molecule has 0 aliphatic heterocycles. The molecule has 0 spiro atoms. The molecule has 0 fully saturated rings. The molecular weight excluding hydrogens is 276 g/mol. The minimum Gasteiger partial charge on any atom is -0.293 e. The highest BCUT2D eigenvalue weighted by Crippen LogP contribution is 2.25. The van der Waals surface area contributed by atoms with E-state index in [0.29, 0.717) is 5.56 Å². The van der Waals surface area contributed by atoms with Gasteiger partial charge in [-0.05, 0) is 19.1 Å². The highest BCUT2D eigenvalue weighted by molar-refractivity contribution is 9.09. The van der Waals surface area contributed by atoms with Crippen molar-refractivity contribution in [2.75, 3.05) is 5.33 Å². The largest absolute Gasteiger partial charge is 0.293 e. The van der Waals surface area contributed by atoms with Gasteiger partial charge < -0.3 is 0 Å². The number of nitro benzene ring substituents is 1. The van der Waals surface area contributed by atoms with E-state index in [4.69, 9.17) is 5.26 Å². The van der Waals surface area contributed by atoms with Gasteiger partial charge in [0.1, 0.15) is 0 Å². The number of nitrogens with zero attached hydrogens (tertiary/aromatic N) is 2. The van der Waals surface area contributed by atoms with Gasteiger partial charge in [-0.1, -0.05) is 15.9 Å². The van der Waals surface area contributed by atoms with Crippen molar-refractivity contribution < 1.29 is 9.72 Å². The Morgan fingerprint density at radius 2 is 2.25 bits per heavy atom. The first-order chi connectivity index (χ1) is 7.51. The summed E-state index contributed by atoms with van der Waals surface area (Å²) in [6.45, 7) is 1.50. The number of halogens is 1. The van der Waals surface area contributed by atoms with E-state index in [1.807, 2.05) is 6.07 Å². The van der Waals surface area contributed by atoms with Gasteiger partial charge in [0.15, 0.2) is 5.78 Å². The Morgan fingerprint density at radius 3 is 2.69 bits per heavy atom. The molecule has 0 saturated carbocycles. The Bertz CT molecular complexity index is 506. The minimum atomic E-state index is -0.605. The van der Waals surface area contributed by atoms with Crippen molar-refractivity contribution in [1.29, 1.82) is 5.26 Å². The molecule has 0 bridgehead atoms. The van der Waals surface area contributed by atoms with Crippen LogP contribution in [-0.2, 0) is 0 Å². The topological polar surface area (TPSA) is 84.0 Å². The summed E-state index contributed by atoms with van der Waals surface area (Å²) in [5, 5.41) is 19.5.